The van der Waals surface area contributed by atoms with E-state index in [1.54, 1.807) is 13.8 Å². The minimum absolute atomic E-state index is 0.0610. The number of hydrogen-bond acceptors (Lipinski definition) is 6. The quantitative estimate of drug-likeness (QED) is 0.532. The van der Waals surface area contributed by atoms with Crippen molar-refractivity contribution >= 4 is 28.1 Å². The van der Waals surface area contributed by atoms with E-state index >= 15 is 0 Å². The number of carbonyl (C=O) groups is 1. The first-order valence-electron chi connectivity index (χ1n) is 8.27. The zero-order valence-corrected chi connectivity index (χ0v) is 16.3. The molecule has 0 aliphatic carbocycles. The number of anilines is 1. The normalized spacial score (nSPS) is 10.8. The lowest BCUT2D eigenvalue weighted by Gasteiger charge is -2.04. The first kappa shape index (κ1) is 18.7. The molecule has 2 aromatic heterocycles. The van der Waals surface area contributed by atoms with Gasteiger partial charge >= 0.3 is 5.69 Å². The summed E-state index contributed by atoms with van der Waals surface area (Å²) in [5.74, 6) is -0.337. The van der Waals surface area contributed by atoms with Gasteiger partial charge in [-0.2, -0.15) is 5.10 Å². The number of benzene rings is 1. The van der Waals surface area contributed by atoms with Gasteiger partial charge in [0.05, 0.1) is 10.6 Å². The Morgan fingerprint density at radius 3 is 2.63 bits per heavy atom. The molecule has 0 saturated carbocycles. The summed E-state index contributed by atoms with van der Waals surface area (Å²) in [6.45, 7) is 7.11. The zero-order chi connectivity index (χ0) is 19.7. The van der Waals surface area contributed by atoms with Crippen molar-refractivity contribution in [3.8, 4) is 11.3 Å². The minimum Gasteiger partial charge on any atom is -0.300 e. The molecule has 1 N–H and O–H groups in total. The molecule has 0 atom stereocenters. The summed E-state index contributed by atoms with van der Waals surface area (Å²) in [4.78, 5) is 27.3. The number of nitrogens with zero attached hydrogens (tertiary/aromatic N) is 4. The molecular weight excluding hydrogens is 366 g/mol. The van der Waals surface area contributed by atoms with Gasteiger partial charge in [-0.25, -0.2) is 4.98 Å². The predicted molar refractivity (Wildman–Crippen MR) is 104 cm³/mol. The molecule has 2 heterocycles. The molecule has 0 fully saturated rings. The average molecular weight is 385 g/mol. The molecule has 1 aromatic carbocycles. The number of thiazole rings is 1. The van der Waals surface area contributed by atoms with E-state index in [4.69, 9.17) is 0 Å². The van der Waals surface area contributed by atoms with Crippen LogP contribution in [0.1, 0.15) is 22.5 Å². The Morgan fingerprint density at radius 2 is 2.00 bits per heavy atom. The Hall–Kier alpha value is -3.07. The Labute approximate surface area is 160 Å². The van der Waals surface area contributed by atoms with E-state index in [-0.39, 0.29) is 23.8 Å². The first-order chi connectivity index (χ1) is 12.8. The highest BCUT2D eigenvalue weighted by Crippen LogP contribution is 2.27. The second-order valence-electron chi connectivity index (χ2n) is 6.32. The minimum atomic E-state index is -0.483. The number of amides is 1. The molecule has 9 heteroatoms. The maximum Gasteiger partial charge on any atom is 0.312 e. The Balaban J connectivity index is 1.72. The fraction of sp³-hybridized carbons (Fsp3) is 0.278. The van der Waals surface area contributed by atoms with Gasteiger partial charge in [0.15, 0.2) is 5.13 Å². The van der Waals surface area contributed by atoms with Crippen LogP contribution in [0.3, 0.4) is 0 Å². The third-order valence-corrected chi connectivity index (χ3v) is 5.13. The van der Waals surface area contributed by atoms with Gasteiger partial charge in [-0.1, -0.05) is 12.1 Å². The van der Waals surface area contributed by atoms with Crippen molar-refractivity contribution in [1.82, 2.24) is 14.8 Å². The van der Waals surface area contributed by atoms with Crippen LogP contribution < -0.4 is 5.32 Å². The van der Waals surface area contributed by atoms with Crippen molar-refractivity contribution in [2.24, 2.45) is 0 Å². The van der Waals surface area contributed by atoms with Crippen LogP contribution in [0, 0.1) is 37.8 Å². The van der Waals surface area contributed by atoms with Crippen molar-refractivity contribution < 1.29 is 9.72 Å². The molecule has 0 bridgehead atoms. The van der Waals surface area contributed by atoms with Gasteiger partial charge in [-0.05, 0) is 44.9 Å². The van der Waals surface area contributed by atoms with Crippen LogP contribution in [-0.4, -0.2) is 25.6 Å². The van der Waals surface area contributed by atoms with E-state index in [0.717, 1.165) is 11.3 Å². The number of aromatic nitrogens is 3. The lowest BCUT2D eigenvalue weighted by molar-refractivity contribution is -0.386. The average Bonchev–Trinajstić information content (AvgIpc) is 3.15. The van der Waals surface area contributed by atoms with Crippen LogP contribution in [0.15, 0.2) is 23.6 Å². The van der Waals surface area contributed by atoms with Crippen molar-refractivity contribution in [2.45, 2.75) is 34.2 Å². The number of hydrogen-bond donors (Lipinski definition) is 1. The molecule has 0 radical (unpaired) electrons. The predicted octanol–water partition coefficient (Wildman–Crippen LogP) is 3.79. The monoisotopic (exact) mass is 385 g/mol. The first-order valence-corrected chi connectivity index (χ1v) is 9.15. The van der Waals surface area contributed by atoms with Gasteiger partial charge in [-0.3, -0.25) is 19.6 Å². The van der Waals surface area contributed by atoms with Crippen molar-refractivity contribution in [1.29, 1.82) is 0 Å². The van der Waals surface area contributed by atoms with E-state index in [2.05, 4.69) is 28.4 Å². The summed E-state index contributed by atoms with van der Waals surface area (Å²) in [6, 6.07) is 6.10. The summed E-state index contributed by atoms with van der Waals surface area (Å²) < 4.78 is 1.33. The third-order valence-electron chi connectivity index (χ3n) is 4.37. The van der Waals surface area contributed by atoms with Crippen LogP contribution in [0.4, 0.5) is 10.8 Å². The van der Waals surface area contributed by atoms with Gasteiger partial charge in [0.25, 0.3) is 0 Å². The van der Waals surface area contributed by atoms with Gasteiger partial charge in [0.2, 0.25) is 5.91 Å². The molecule has 0 aliphatic rings. The van der Waals surface area contributed by atoms with Gasteiger partial charge in [-0.15, -0.1) is 11.3 Å². The maximum absolute atomic E-state index is 12.3. The highest BCUT2D eigenvalue weighted by Gasteiger charge is 2.23. The Morgan fingerprint density at radius 1 is 1.26 bits per heavy atom. The third kappa shape index (κ3) is 3.87. The van der Waals surface area contributed by atoms with Crippen LogP contribution in [0.5, 0.6) is 0 Å². The number of carbonyl (C=O) groups excluding carboxylic acids is 1. The molecule has 0 aliphatic heterocycles. The summed E-state index contributed by atoms with van der Waals surface area (Å²) >= 11 is 1.33. The molecule has 0 unspecified atom stereocenters. The van der Waals surface area contributed by atoms with Crippen molar-refractivity contribution in [2.75, 3.05) is 5.32 Å². The molecule has 0 spiro atoms. The van der Waals surface area contributed by atoms with Crippen LogP contribution in [0.2, 0.25) is 0 Å². The summed E-state index contributed by atoms with van der Waals surface area (Å²) in [6.07, 6.45) is 0. The lowest BCUT2D eigenvalue weighted by Crippen LogP contribution is -2.20. The zero-order valence-electron chi connectivity index (χ0n) is 15.4. The summed E-state index contributed by atoms with van der Waals surface area (Å²) in [5, 5.41) is 20.2. The maximum atomic E-state index is 12.3. The fourth-order valence-corrected chi connectivity index (χ4v) is 3.50. The van der Waals surface area contributed by atoms with Crippen LogP contribution in [0.25, 0.3) is 11.3 Å². The number of aryl methyl sites for hydroxylation is 3. The van der Waals surface area contributed by atoms with E-state index in [1.165, 1.54) is 27.1 Å². The largest absolute Gasteiger partial charge is 0.312 e. The molecule has 140 valence electrons. The number of rotatable bonds is 5. The van der Waals surface area contributed by atoms with E-state index in [1.807, 2.05) is 24.4 Å². The van der Waals surface area contributed by atoms with Crippen LogP contribution in [-0.2, 0) is 11.3 Å². The molecule has 27 heavy (non-hydrogen) atoms. The lowest BCUT2D eigenvalue weighted by atomic mass is 10.1. The standard InChI is InChI=1S/C18H19N5O3S/c1-10-5-6-14(7-11(10)2)15-9-27-18(19-15)20-16(24)8-22-13(4)17(23(25)26)12(3)21-22/h5-7,9H,8H2,1-4H3,(H,19,20,24). The second-order valence-corrected chi connectivity index (χ2v) is 7.18. The van der Waals surface area contributed by atoms with Gasteiger partial charge in [0, 0.05) is 10.9 Å². The van der Waals surface area contributed by atoms with E-state index in [0.29, 0.717) is 10.8 Å². The molecule has 3 rings (SSSR count). The molecule has 3 aromatic rings. The summed E-state index contributed by atoms with van der Waals surface area (Å²) in [7, 11) is 0. The SMILES string of the molecule is Cc1ccc(-c2csc(NC(=O)Cn3nc(C)c([N+](=O)[O-])c3C)n2)cc1C. The Kier molecular flexibility index (Phi) is 5.04. The number of nitrogens with one attached hydrogen (secondary N) is 1. The van der Waals surface area contributed by atoms with E-state index < -0.39 is 4.92 Å². The smallest absolute Gasteiger partial charge is 0.300 e. The number of nitro groups is 1. The fourth-order valence-electron chi connectivity index (χ4n) is 2.76. The summed E-state index contributed by atoms with van der Waals surface area (Å²) in [5.41, 5.74) is 4.75. The van der Waals surface area contributed by atoms with Crippen molar-refractivity contribution in [3.05, 3.63) is 56.2 Å². The van der Waals surface area contributed by atoms with E-state index in [9.17, 15) is 14.9 Å². The van der Waals surface area contributed by atoms with Crippen LogP contribution >= 0.6 is 11.3 Å². The molecule has 1 amide bonds. The highest BCUT2D eigenvalue weighted by atomic mass is 32.1. The highest BCUT2D eigenvalue weighted by molar-refractivity contribution is 7.14. The molecule has 0 saturated heterocycles. The Bertz CT molecular complexity index is 1040. The van der Waals surface area contributed by atoms with Crippen molar-refractivity contribution in [3.63, 3.8) is 0 Å². The van der Waals surface area contributed by atoms with Gasteiger partial charge < -0.3 is 5.32 Å². The molecular formula is C18H19N5O3S. The molecule has 8 nitrogen and oxygen atoms in total. The van der Waals surface area contributed by atoms with Gasteiger partial charge in [0.1, 0.15) is 17.9 Å². The second kappa shape index (κ2) is 7.28. The topological polar surface area (TPSA) is 103 Å².